The topological polar surface area (TPSA) is 60.9 Å². The fourth-order valence-electron chi connectivity index (χ4n) is 3.65. The zero-order valence-corrected chi connectivity index (χ0v) is 20.1. The molecule has 3 rings (SSSR count). The van der Waals surface area contributed by atoms with E-state index >= 15 is 0 Å². The summed E-state index contributed by atoms with van der Waals surface area (Å²) >= 11 is 6.80. The van der Waals surface area contributed by atoms with Crippen molar-refractivity contribution in [3.05, 3.63) is 74.2 Å². The number of Topliss-reactive ketones (excluding diaryl/α,β-unsaturated/α-hetero) is 1. The van der Waals surface area contributed by atoms with Crippen LogP contribution in [-0.4, -0.2) is 52.8 Å². The molecule has 1 heterocycles. The van der Waals surface area contributed by atoms with Gasteiger partial charge in [0.25, 0.3) is 11.7 Å². The van der Waals surface area contributed by atoms with E-state index in [4.69, 9.17) is 0 Å². The largest absolute Gasteiger partial charge is 0.507 e. The Morgan fingerprint density at radius 3 is 2.03 bits per heavy atom. The number of halogens is 2. The van der Waals surface area contributed by atoms with Crippen molar-refractivity contribution in [3.8, 4) is 0 Å². The first-order chi connectivity index (χ1) is 14.4. The van der Waals surface area contributed by atoms with Gasteiger partial charge in [-0.25, -0.2) is 0 Å². The monoisotopic (exact) mass is 534 g/mol. The Morgan fingerprint density at radius 2 is 1.50 bits per heavy atom. The molecule has 7 heteroatoms. The van der Waals surface area contributed by atoms with Crippen LogP contribution >= 0.6 is 31.9 Å². The smallest absolute Gasteiger partial charge is 0.295 e. The summed E-state index contributed by atoms with van der Waals surface area (Å²) in [5.41, 5.74) is 1.42. The van der Waals surface area contributed by atoms with Crippen molar-refractivity contribution >= 4 is 49.3 Å². The van der Waals surface area contributed by atoms with Gasteiger partial charge in [-0.15, -0.1) is 0 Å². The summed E-state index contributed by atoms with van der Waals surface area (Å²) in [5.74, 6) is -1.38. The molecule has 0 bridgehead atoms. The van der Waals surface area contributed by atoms with Crippen LogP contribution in [0.15, 0.2) is 63.0 Å². The van der Waals surface area contributed by atoms with E-state index < -0.39 is 17.7 Å². The van der Waals surface area contributed by atoms with E-state index in [1.807, 2.05) is 24.3 Å². The molecule has 1 fully saturated rings. The van der Waals surface area contributed by atoms with Crippen LogP contribution < -0.4 is 0 Å². The lowest BCUT2D eigenvalue weighted by Gasteiger charge is -2.28. The fourth-order valence-corrected chi connectivity index (χ4v) is 4.18. The number of benzene rings is 2. The van der Waals surface area contributed by atoms with Crippen molar-refractivity contribution in [1.82, 2.24) is 9.80 Å². The molecule has 5 nitrogen and oxygen atoms in total. The molecule has 158 valence electrons. The molecule has 0 spiro atoms. The van der Waals surface area contributed by atoms with Gasteiger partial charge in [-0.05, 0) is 42.9 Å². The normalized spacial score (nSPS) is 18.4. The Morgan fingerprint density at radius 1 is 0.967 bits per heavy atom. The first-order valence-electron chi connectivity index (χ1n) is 9.89. The fraction of sp³-hybridized carbons (Fsp3) is 0.304. The van der Waals surface area contributed by atoms with Gasteiger partial charge in [-0.1, -0.05) is 70.0 Å². The van der Waals surface area contributed by atoms with Crippen LogP contribution in [0.25, 0.3) is 5.76 Å². The molecule has 1 saturated heterocycles. The Balaban J connectivity index is 2.08. The van der Waals surface area contributed by atoms with Gasteiger partial charge in [0.2, 0.25) is 0 Å². The van der Waals surface area contributed by atoms with Gasteiger partial charge in [0.1, 0.15) is 5.76 Å². The lowest BCUT2D eigenvalue weighted by molar-refractivity contribution is -0.140. The number of likely N-dealkylation sites (N-methyl/N-ethyl adjacent to an activating group) is 1. The number of rotatable bonds is 7. The lowest BCUT2D eigenvalue weighted by Crippen LogP contribution is -2.38. The number of likely N-dealkylation sites (tertiary alicyclic amines) is 1. The summed E-state index contributed by atoms with van der Waals surface area (Å²) in [7, 11) is 0. The molecule has 1 N–H and O–H groups in total. The number of ketones is 1. The third-order valence-corrected chi connectivity index (χ3v) is 6.45. The molecule has 2 aromatic rings. The molecule has 1 amide bonds. The standard InChI is InChI=1S/C23H24Br2N2O3/c1-3-26(4-2)13-14-27-20(15-5-9-17(24)10-6-15)19(22(29)23(27)30)21(28)16-7-11-18(25)12-8-16/h5-12,20,28H,3-4,13-14H2,1-2H3/b21-19-. The molecule has 1 aliphatic rings. The first kappa shape index (κ1) is 22.7. The number of aliphatic hydroxyl groups is 1. The summed E-state index contributed by atoms with van der Waals surface area (Å²) in [6, 6.07) is 13.9. The SMILES string of the molecule is CCN(CC)CCN1C(=O)C(=O)/C(=C(\O)c2ccc(Br)cc2)C1c1ccc(Br)cc1. The highest BCUT2D eigenvalue weighted by Crippen LogP contribution is 2.39. The Hall–Kier alpha value is -1.96. The minimum Gasteiger partial charge on any atom is -0.507 e. The van der Waals surface area contributed by atoms with E-state index in [9.17, 15) is 14.7 Å². The van der Waals surface area contributed by atoms with Gasteiger partial charge in [0.15, 0.2) is 0 Å². The first-order valence-corrected chi connectivity index (χ1v) is 11.5. The zero-order valence-electron chi connectivity index (χ0n) is 16.9. The van der Waals surface area contributed by atoms with Crippen LogP contribution in [0.2, 0.25) is 0 Å². The van der Waals surface area contributed by atoms with Gasteiger partial charge in [-0.3, -0.25) is 9.59 Å². The third kappa shape index (κ3) is 4.68. The number of amides is 1. The number of hydrogen-bond donors (Lipinski definition) is 1. The van der Waals surface area contributed by atoms with Crippen molar-refractivity contribution in [2.24, 2.45) is 0 Å². The molecular weight excluding hydrogens is 512 g/mol. The average molecular weight is 536 g/mol. The number of carbonyl (C=O) groups excluding carboxylic acids is 2. The number of aliphatic hydroxyl groups excluding tert-OH is 1. The molecule has 0 saturated carbocycles. The highest BCUT2D eigenvalue weighted by Gasteiger charge is 2.45. The van der Waals surface area contributed by atoms with E-state index in [0.717, 1.165) is 27.6 Å². The van der Waals surface area contributed by atoms with E-state index in [-0.39, 0.29) is 11.3 Å². The molecule has 1 unspecified atom stereocenters. The average Bonchev–Trinajstić information content (AvgIpc) is 3.00. The van der Waals surface area contributed by atoms with Crippen molar-refractivity contribution in [2.45, 2.75) is 19.9 Å². The van der Waals surface area contributed by atoms with Gasteiger partial charge >= 0.3 is 0 Å². The van der Waals surface area contributed by atoms with Gasteiger partial charge in [0.05, 0.1) is 11.6 Å². The van der Waals surface area contributed by atoms with Crippen molar-refractivity contribution < 1.29 is 14.7 Å². The van der Waals surface area contributed by atoms with Gasteiger partial charge in [-0.2, -0.15) is 0 Å². The van der Waals surface area contributed by atoms with E-state index in [2.05, 4.69) is 50.6 Å². The van der Waals surface area contributed by atoms with Gasteiger partial charge < -0.3 is 14.9 Å². The summed E-state index contributed by atoms with van der Waals surface area (Å²) in [6.07, 6.45) is 0. The second-order valence-corrected chi connectivity index (χ2v) is 8.91. The number of nitrogens with zero attached hydrogens (tertiary/aromatic N) is 2. The predicted molar refractivity (Wildman–Crippen MR) is 125 cm³/mol. The van der Waals surface area contributed by atoms with Crippen LogP contribution in [0.4, 0.5) is 0 Å². The van der Waals surface area contributed by atoms with E-state index in [1.54, 1.807) is 29.2 Å². The lowest BCUT2D eigenvalue weighted by atomic mass is 9.95. The second kappa shape index (κ2) is 9.90. The van der Waals surface area contributed by atoms with Crippen LogP contribution in [0.3, 0.4) is 0 Å². The molecule has 1 atom stereocenters. The van der Waals surface area contributed by atoms with Crippen molar-refractivity contribution in [2.75, 3.05) is 26.2 Å². The maximum Gasteiger partial charge on any atom is 0.295 e. The van der Waals surface area contributed by atoms with Crippen LogP contribution in [-0.2, 0) is 9.59 Å². The zero-order chi connectivity index (χ0) is 21.8. The molecule has 0 radical (unpaired) electrons. The highest BCUT2D eigenvalue weighted by molar-refractivity contribution is 9.10. The molecule has 0 aromatic heterocycles. The van der Waals surface area contributed by atoms with E-state index in [0.29, 0.717) is 18.7 Å². The molecule has 2 aromatic carbocycles. The maximum atomic E-state index is 13.0. The summed E-state index contributed by atoms with van der Waals surface area (Å²) in [4.78, 5) is 29.7. The van der Waals surface area contributed by atoms with Crippen molar-refractivity contribution in [3.63, 3.8) is 0 Å². The Kier molecular flexibility index (Phi) is 7.50. The van der Waals surface area contributed by atoms with Crippen LogP contribution in [0.1, 0.15) is 31.0 Å². The number of hydrogen-bond acceptors (Lipinski definition) is 4. The second-order valence-electron chi connectivity index (χ2n) is 7.08. The minimum absolute atomic E-state index is 0.129. The molecule has 0 aliphatic carbocycles. The van der Waals surface area contributed by atoms with Gasteiger partial charge in [0, 0.05) is 27.6 Å². The third-order valence-electron chi connectivity index (χ3n) is 5.39. The molecule has 1 aliphatic heterocycles. The van der Waals surface area contributed by atoms with Crippen LogP contribution in [0.5, 0.6) is 0 Å². The number of carbonyl (C=O) groups is 2. The summed E-state index contributed by atoms with van der Waals surface area (Å²) in [6.45, 7) is 6.93. The highest BCUT2D eigenvalue weighted by atomic mass is 79.9. The predicted octanol–water partition coefficient (Wildman–Crippen LogP) is 4.98. The maximum absolute atomic E-state index is 13.0. The summed E-state index contributed by atoms with van der Waals surface area (Å²) < 4.78 is 1.77. The Bertz CT molecular complexity index is 951. The molecule has 30 heavy (non-hydrogen) atoms. The van der Waals surface area contributed by atoms with Crippen molar-refractivity contribution in [1.29, 1.82) is 0 Å². The minimum atomic E-state index is -0.650. The summed E-state index contributed by atoms with van der Waals surface area (Å²) in [5, 5.41) is 11.0. The Labute approximate surface area is 193 Å². The quantitative estimate of drug-likeness (QED) is 0.309. The van der Waals surface area contributed by atoms with E-state index in [1.165, 1.54) is 0 Å². The van der Waals surface area contributed by atoms with Crippen LogP contribution in [0, 0.1) is 0 Å². The molecular formula is C23H24Br2N2O3.